The lowest BCUT2D eigenvalue weighted by molar-refractivity contribution is 0.586. The first-order valence-electron chi connectivity index (χ1n) is 9.23. The van der Waals surface area contributed by atoms with Crippen LogP contribution in [0, 0.1) is 5.92 Å². The molecule has 134 valence electrons. The van der Waals surface area contributed by atoms with Crippen LogP contribution in [0.1, 0.15) is 48.6 Å². The number of fused-ring (bicyclic) bond motifs is 1. The Bertz CT molecular complexity index is 833. The zero-order valence-electron chi connectivity index (χ0n) is 15.5. The largest absolute Gasteiger partial charge is 0.228 e. The van der Waals surface area contributed by atoms with Crippen molar-refractivity contribution in [2.24, 2.45) is 5.92 Å². The Hall–Kier alpha value is -1.61. The molecule has 2 nitrogen and oxygen atoms in total. The van der Waals surface area contributed by atoms with Gasteiger partial charge in [0.2, 0.25) is 0 Å². The standard InChI is InChI=1S/C22H28O2S/c1-16(2)25(23,24)15-20-8-5-18(6-9-20)4-7-19-10-11-21-12-17(3)13-22(21)14-19/h5-6,8-11,14,16-17H,4,7,12-13,15H2,1-3H3. The molecule has 0 spiro atoms. The smallest absolute Gasteiger partial charge is 0.156 e. The minimum Gasteiger partial charge on any atom is -0.228 e. The molecule has 0 bridgehead atoms. The summed E-state index contributed by atoms with van der Waals surface area (Å²) >= 11 is 0. The Kier molecular flexibility index (Phi) is 5.33. The van der Waals surface area contributed by atoms with Gasteiger partial charge in [0, 0.05) is 0 Å². The molecule has 0 heterocycles. The van der Waals surface area contributed by atoms with Crippen LogP contribution in [0.15, 0.2) is 42.5 Å². The van der Waals surface area contributed by atoms with E-state index >= 15 is 0 Å². The molecule has 1 atom stereocenters. The summed E-state index contributed by atoms with van der Waals surface area (Å²) in [6, 6.07) is 15.0. The Morgan fingerprint density at radius 3 is 2.12 bits per heavy atom. The van der Waals surface area contributed by atoms with Gasteiger partial charge >= 0.3 is 0 Å². The highest BCUT2D eigenvalue weighted by Gasteiger charge is 2.18. The summed E-state index contributed by atoms with van der Waals surface area (Å²) in [5.74, 6) is 0.911. The third kappa shape index (κ3) is 4.52. The topological polar surface area (TPSA) is 34.1 Å². The molecule has 0 fully saturated rings. The van der Waals surface area contributed by atoms with Gasteiger partial charge in [-0.15, -0.1) is 0 Å². The lowest BCUT2D eigenvalue weighted by atomic mass is 10.00. The second-order valence-electron chi connectivity index (χ2n) is 7.79. The van der Waals surface area contributed by atoms with Gasteiger partial charge in [0.1, 0.15) is 0 Å². The molecule has 0 saturated heterocycles. The summed E-state index contributed by atoms with van der Waals surface area (Å²) in [6.07, 6.45) is 4.45. The number of aryl methyl sites for hydroxylation is 2. The van der Waals surface area contributed by atoms with E-state index in [4.69, 9.17) is 0 Å². The highest BCUT2D eigenvalue weighted by Crippen LogP contribution is 2.27. The fraction of sp³-hybridized carbons (Fsp3) is 0.455. The van der Waals surface area contributed by atoms with E-state index in [0.29, 0.717) is 0 Å². The van der Waals surface area contributed by atoms with E-state index in [0.717, 1.165) is 24.3 Å². The Balaban J connectivity index is 1.60. The van der Waals surface area contributed by atoms with Crippen LogP contribution < -0.4 is 0 Å². The molecule has 1 unspecified atom stereocenters. The first kappa shape index (κ1) is 18.2. The van der Waals surface area contributed by atoms with Crippen LogP contribution >= 0.6 is 0 Å². The van der Waals surface area contributed by atoms with Crippen LogP contribution in [-0.4, -0.2) is 13.7 Å². The molecule has 2 aromatic carbocycles. The molecule has 3 heteroatoms. The summed E-state index contributed by atoms with van der Waals surface area (Å²) in [5, 5.41) is -0.324. The third-order valence-electron chi connectivity index (χ3n) is 5.22. The lowest BCUT2D eigenvalue weighted by Gasteiger charge is -2.09. The van der Waals surface area contributed by atoms with E-state index in [2.05, 4.69) is 37.3 Å². The second kappa shape index (κ2) is 7.33. The summed E-state index contributed by atoms with van der Waals surface area (Å²) in [6.45, 7) is 5.79. The third-order valence-corrected chi connectivity index (χ3v) is 7.39. The summed E-state index contributed by atoms with van der Waals surface area (Å²) in [5.41, 5.74) is 6.59. The Morgan fingerprint density at radius 1 is 0.880 bits per heavy atom. The average molecular weight is 357 g/mol. The maximum Gasteiger partial charge on any atom is 0.156 e. The normalized spacial score (nSPS) is 17.0. The van der Waals surface area contributed by atoms with Crippen molar-refractivity contribution in [3.05, 3.63) is 70.3 Å². The van der Waals surface area contributed by atoms with Crippen molar-refractivity contribution in [3.8, 4) is 0 Å². The highest BCUT2D eigenvalue weighted by molar-refractivity contribution is 7.91. The van der Waals surface area contributed by atoms with Crippen molar-refractivity contribution in [3.63, 3.8) is 0 Å². The molecule has 1 aliphatic rings. The van der Waals surface area contributed by atoms with E-state index in [-0.39, 0.29) is 11.0 Å². The van der Waals surface area contributed by atoms with Crippen molar-refractivity contribution in [1.82, 2.24) is 0 Å². The van der Waals surface area contributed by atoms with Gasteiger partial charge in [0.25, 0.3) is 0 Å². The fourth-order valence-corrected chi connectivity index (χ4v) is 4.53. The van der Waals surface area contributed by atoms with Gasteiger partial charge < -0.3 is 0 Å². The predicted molar refractivity (Wildman–Crippen MR) is 105 cm³/mol. The first-order valence-corrected chi connectivity index (χ1v) is 10.9. The van der Waals surface area contributed by atoms with Gasteiger partial charge in [-0.05, 0) is 73.3 Å². The Morgan fingerprint density at radius 2 is 1.44 bits per heavy atom. The number of benzene rings is 2. The molecule has 0 aromatic heterocycles. The molecular formula is C22H28O2S. The monoisotopic (exact) mass is 356 g/mol. The highest BCUT2D eigenvalue weighted by atomic mass is 32.2. The SMILES string of the molecule is CC1Cc2ccc(CCc3ccc(CS(=O)(=O)C(C)C)cc3)cc2C1. The first-order chi connectivity index (χ1) is 11.8. The molecule has 0 radical (unpaired) electrons. The van der Waals surface area contributed by atoms with Crippen molar-refractivity contribution >= 4 is 9.84 Å². The van der Waals surface area contributed by atoms with Crippen LogP contribution in [-0.2, 0) is 41.3 Å². The van der Waals surface area contributed by atoms with Crippen LogP contribution in [0.2, 0.25) is 0 Å². The molecule has 0 aliphatic heterocycles. The number of rotatable bonds is 6. The maximum atomic E-state index is 12.0. The van der Waals surface area contributed by atoms with Crippen LogP contribution in [0.25, 0.3) is 0 Å². The molecule has 1 aliphatic carbocycles. The quantitative estimate of drug-likeness (QED) is 0.762. The van der Waals surface area contributed by atoms with Gasteiger partial charge in [0.15, 0.2) is 9.84 Å². The van der Waals surface area contributed by atoms with Gasteiger partial charge in [0.05, 0.1) is 11.0 Å². The lowest BCUT2D eigenvalue weighted by Crippen LogP contribution is -2.15. The molecule has 0 saturated carbocycles. The molecule has 0 amide bonds. The zero-order chi connectivity index (χ0) is 18.0. The van der Waals surface area contributed by atoms with Crippen LogP contribution in [0.3, 0.4) is 0 Å². The van der Waals surface area contributed by atoms with E-state index in [1.54, 1.807) is 13.8 Å². The zero-order valence-corrected chi connectivity index (χ0v) is 16.3. The second-order valence-corrected chi connectivity index (χ2v) is 10.3. The number of hydrogen-bond acceptors (Lipinski definition) is 2. The van der Waals surface area contributed by atoms with Crippen molar-refractivity contribution in [1.29, 1.82) is 0 Å². The van der Waals surface area contributed by atoms with Gasteiger partial charge in [-0.1, -0.05) is 49.4 Å². The molecule has 3 rings (SSSR count). The van der Waals surface area contributed by atoms with Crippen LogP contribution in [0.4, 0.5) is 0 Å². The average Bonchev–Trinajstić information content (AvgIpc) is 2.93. The van der Waals surface area contributed by atoms with Gasteiger partial charge in [-0.2, -0.15) is 0 Å². The minimum absolute atomic E-state index is 0.133. The maximum absolute atomic E-state index is 12.0. The summed E-state index contributed by atoms with van der Waals surface area (Å²) in [7, 11) is -3.03. The van der Waals surface area contributed by atoms with Gasteiger partial charge in [-0.3, -0.25) is 0 Å². The van der Waals surface area contributed by atoms with Gasteiger partial charge in [-0.25, -0.2) is 8.42 Å². The van der Waals surface area contributed by atoms with Crippen molar-refractivity contribution < 1.29 is 8.42 Å². The van der Waals surface area contributed by atoms with E-state index in [1.165, 1.54) is 35.1 Å². The molecular weight excluding hydrogens is 328 g/mol. The summed E-state index contributed by atoms with van der Waals surface area (Å²) in [4.78, 5) is 0. The van der Waals surface area contributed by atoms with Crippen molar-refractivity contribution in [2.45, 2.75) is 57.5 Å². The van der Waals surface area contributed by atoms with E-state index in [1.807, 2.05) is 12.1 Å². The summed E-state index contributed by atoms with van der Waals surface area (Å²) < 4.78 is 24.0. The predicted octanol–water partition coefficient (Wildman–Crippen LogP) is 4.53. The molecule has 25 heavy (non-hydrogen) atoms. The number of sulfone groups is 1. The fourth-order valence-electron chi connectivity index (χ4n) is 3.54. The molecule has 2 aromatic rings. The minimum atomic E-state index is -3.03. The Labute approximate surface area is 152 Å². The molecule has 0 N–H and O–H groups in total. The van der Waals surface area contributed by atoms with E-state index in [9.17, 15) is 8.42 Å². The van der Waals surface area contributed by atoms with Crippen molar-refractivity contribution in [2.75, 3.05) is 0 Å². The number of hydrogen-bond donors (Lipinski definition) is 0. The van der Waals surface area contributed by atoms with Crippen LogP contribution in [0.5, 0.6) is 0 Å². The van der Waals surface area contributed by atoms with E-state index < -0.39 is 9.84 Å².